The van der Waals surface area contributed by atoms with Crippen molar-refractivity contribution >= 4 is 17.2 Å². The largest absolute Gasteiger partial charge is 0.326 e. The second-order valence-electron chi connectivity index (χ2n) is 5.20. The van der Waals surface area contributed by atoms with Gasteiger partial charge >= 0.3 is 0 Å². The number of nitrogens with one attached hydrogen (secondary N) is 1. The van der Waals surface area contributed by atoms with Gasteiger partial charge in [0.25, 0.3) is 0 Å². The smallest absolute Gasteiger partial charge is 0.224 e. The molecule has 3 rings (SSSR count). The summed E-state index contributed by atoms with van der Waals surface area (Å²) in [5.41, 5.74) is 4.54. The summed E-state index contributed by atoms with van der Waals surface area (Å²) >= 11 is 0. The third-order valence-corrected chi connectivity index (χ3v) is 3.67. The quantitative estimate of drug-likeness (QED) is 0.801. The van der Waals surface area contributed by atoms with Gasteiger partial charge in [0, 0.05) is 17.7 Å². The number of hydrogen-bond acceptors (Lipinski definition) is 4. The Morgan fingerprint density at radius 1 is 1.23 bits per heavy atom. The zero-order valence-corrected chi connectivity index (χ0v) is 12.6. The molecule has 0 saturated heterocycles. The maximum atomic E-state index is 12.1. The molecular formula is C16H17N5O. The number of aryl methyl sites for hydroxylation is 2. The van der Waals surface area contributed by atoms with E-state index in [4.69, 9.17) is 0 Å². The Kier molecular flexibility index (Phi) is 3.82. The number of carbonyl (C=O) groups excluding carboxylic acids is 1. The topological polar surface area (TPSA) is 72.2 Å². The number of para-hydroxylation sites is 1. The molecule has 112 valence electrons. The molecule has 6 heteroatoms. The van der Waals surface area contributed by atoms with E-state index in [1.54, 1.807) is 10.8 Å². The number of hydrogen-bond donors (Lipinski definition) is 1. The molecule has 0 saturated carbocycles. The SMILES string of the molecule is Cc1nn2cnnc2c(C)c1CCC(=O)Nc1ccccc1. The van der Waals surface area contributed by atoms with Gasteiger partial charge in [0.15, 0.2) is 5.65 Å². The molecule has 22 heavy (non-hydrogen) atoms. The predicted molar refractivity (Wildman–Crippen MR) is 83.6 cm³/mol. The van der Waals surface area contributed by atoms with Gasteiger partial charge in [0.2, 0.25) is 5.91 Å². The van der Waals surface area contributed by atoms with E-state index in [2.05, 4.69) is 20.6 Å². The minimum atomic E-state index is -0.00802. The third kappa shape index (κ3) is 2.81. The van der Waals surface area contributed by atoms with Crippen LogP contribution in [-0.4, -0.2) is 25.7 Å². The molecule has 0 spiro atoms. The molecule has 0 atom stereocenters. The second kappa shape index (κ2) is 5.93. The van der Waals surface area contributed by atoms with Crippen molar-refractivity contribution in [1.29, 1.82) is 0 Å². The maximum Gasteiger partial charge on any atom is 0.224 e. The summed E-state index contributed by atoms with van der Waals surface area (Å²) in [6.07, 6.45) is 2.62. The normalized spacial score (nSPS) is 10.8. The summed E-state index contributed by atoms with van der Waals surface area (Å²) in [5, 5.41) is 15.2. The van der Waals surface area contributed by atoms with Crippen LogP contribution in [0.1, 0.15) is 23.2 Å². The monoisotopic (exact) mass is 295 g/mol. The van der Waals surface area contributed by atoms with Crippen molar-refractivity contribution in [2.45, 2.75) is 26.7 Å². The number of carbonyl (C=O) groups is 1. The number of anilines is 1. The van der Waals surface area contributed by atoms with E-state index in [9.17, 15) is 4.79 Å². The minimum Gasteiger partial charge on any atom is -0.326 e. The van der Waals surface area contributed by atoms with Crippen LogP contribution in [0.3, 0.4) is 0 Å². The van der Waals surface area contributed by atoms with E-state index in [-0.39, 0.29) is 5.91 Å². The molecule has 1 aromatic carbocycles. The highest BCUT2D eigenvalue weighted by Crippen LogP contribution is 2.17. The highest BCUT2D eigenvalue weighted by molar-refractivity contribution is 5.90. The minimum absolute atomic E-state index is 0.00802. The van der Waals surface area contributed by atoms with E-state index in [1.165, 1.54) is 0 Å². The van der Waals surface area contributed by atoms with Crippen LogP contribution >= 0.6 is 0 Å². The van der Waals surface area contributed by atoms with Gasteiger partial charge in [-0.1, -0.05) is 18.2 Å². The van der Waals surface area contributed by atoms with Crippen molar-refractivity contribution in [3.05, 3.63) is 53.5 Å². The summed E-state index contributed by atoms with van der Waals surface area (Å²) < 4.78 is 1.66. The van der Waals surface area contributed by atoms with Gasteiger partial charge in [-0.2, -0.15) is 5.10 Å². The number of benzene rings is 1. The highest BCUT2D eigenvalue weighted by Gasteiger charge is 2.12. The molecule has 0 aliphatic carbocycles. The Hall–Kier alpha value is -2.76. The first kappa shape index (κ1) is 14.2. The van der Waals surface area contributed by atoms with Gasteiger partial charge in [0.1, 0.15) is 6.33 Å². The van der Waals surface area contributed by atoms with Gasteiger partial charge in [-0.15, -0.1) is 10.2 Å². The third-order valence-electron chi connectivity index (χ3n) is 3.67. The van der Waals surface area contributed by atoms with Gasteiger partial charge < -0.3 is 5.32 Å². The number of rotatable bonds is 4. The van der Waals surface area contributed by atoms with Crippen molar-refractivity contribution in [1.82, 2.24) is 19.8 Å². The summed E-state index contributed by atoms with van der Waals surface area (Å²) in [7, 11) is 0. The number of nitrogens with zero attached hydrogens (tertiary/aromatic N) is 4. The van der Waals surface area contributed by atoms with Crippen LogP contribution in [0.5, 0.6) is 0 Å². The molecule has 0 aliphatic rings. The van der Waals surface area contributed by atoms with Crippen LogP contribution in [0.4, 0.5) is 5.69 Å². The van der Waals surface area contributed by atoms with Crippen LogP contribution in [0.2, 0.25) is 0 Å². The Bertz CT molecular complexity index is 810. The molecule has 3 aromatic rings. The molecule has 0 unspecified atom stereocenters. The lowest BCUT2D eigenvalue weighted by molar-refractivity contribution is -0.116. The first-order valence-corrected chi connectivity index (χ1v) is 7.16. The second-order valence-corrected chi connectivity index (χ2v) is 5.20. The van der Waals surface area contributed by atoms with E-state index < -0.39 is 0 Å². The molecule has 1 amide bonds. The first-order chi connectivity index (χ1) is 10.6. The molecule has 6 nitrogen and oxygen atoms in total. The molecule has 0 fully saturated rings. The van der Waals surface area contributed by atoms with Crippen LogP contribution in [-0.2, 0) is 11.2 Å². The van der Waals surface area contributed by atoms with Crippen molar-refractivity contribution < 1.29 is 4.79 Å². The van der Waals surface area contributed by atoms with Crippen molar-refractivity contribution in [3.63, 3.8) is 0 Å². The lowest BCUT2D eigenvalue weighted by Gasteiger charge is -2.10. The van der Waals surface area contributed by atoms with Crippen LogP contribution in [0, 0.1) is 13.8 Å². The fourth-order valence-corrected chi connectivity index (χ4v) is 2.53. The molecule has 0 bridgehead atoms. The number of fused-ring (bicyclic) bond motifs is 1. The molecular weight excluding hydrogens is 278 g/mol. The van der Waals surface area contributed by atoms with Gasteiger partial charge in [-0.25, -0.2) is 4.52 Å². The van der Waals surface area contributed by atoms with Crippen LogP contribution in [0.15, 0.2) is 36.7 Å². The molecule has 1 N–H and O–H groups in total. The molecule has 0 aliphatic heterocycles. The Labute approximate surface area is 128 Å². The van der Waals surface area contributed by atoms with E-state index >= 15 is 0 Å². The first-order valence-electron chi connectivity index (χ1n) is 7.16. The van der Waals surface area contributed by atoms with E-state index in [0.29, 0.717) is 12.8 Å². The summed E-state index contributed by atoms with van der Waals surface area (Å²) in [6.45, 7) is 3.93. The average molecular weight is 295 g/mol. The van der Waals surface area contributed by atoms with Crippen molar-refractivity contribution in [2.75, 3.05) is 5.32 Å². The van der Waals surface area contributed by atoms with Crippen LogP contribution < -0.4 is 5.32 Å². The Balaban J connectivity index is 1.72. The highest BCUT2D eigenvalue weighted by atomic mass is 16.1. The van der Waals surface area contributed by atoms with E-state index in [0.717, 1.165) is 28.2 Å². The number of amides is 1. The Morgan fingerprint density at radius 2 is 2.00 bits per heavy atom. The molecule has 2 aromatic heterocycles. The van der Waals surface area contributed by atoms with Crippen LogP contribution in [0.25, 0.3) is 5.65 Å². The Morgan fingerprint density at radius 3 is 2.77 bits per heavy atom. The van der Waals surface area contributed by atoms with Crippen molar-refractivity contribution in [3.8, 4) is 0 Å². The van der Waals surface area contributed by atoms with Gasteiger partial charge in [0.05, 0.1) is 5.69 Å². The number of aromatic nitrogens is 4. The van der Waals surface area contributed by atoms with Gasteiger partial charge in [-0.3, -0.25) is 4.79 Å². The summed E-state index contributed by atoms with van der Waals surface area (Å²) in [6, 6.07) is 9.46. The standard InChI is InChI=1S/C16H17N5O/c1-11-14(12(2)20-21-10-17-19-16(11)21)8-9-15(22)18-13-6-4-3-5-7-13/h3-7,10H,8-9H2,1-2H3,(H,18,22). The molecule has 2 heterocycles. The predicted octanol–water partition coefficient (Wildman–Crippen LogP) is 2.31. The molecule has 0 radical (unpaired) electrons. The van der Waals surface area contributed by atoms with E-state index in [1.807, 2.05) is 44.2 Å². The van der Waals surface area contributed by atoms with Gasteiger partial charge in [-0.05, 0) is 38.0 Å². The fourth-order valence-electron chi connectivity index (χ4n) is 2.53. The lowest BCUT2D eigenvalue weighted by Crippen LogP contribution is -2.13. The fraction of sp³-hybridized carbons (Fsp3) is 0.250. The summed E-state index contributed by atoms with van der Waals surface area (Å²) in [5.74, 6) is -0.00802. The maximum absolute atomic E-state index is 12.1. The summed E-state index contributed by atoms with van der Waals surface area (Å²) in [4.78, 5) is 12.1. The lowest BCUT2D eigenvalue weighted by atomic mass is 10.0. The zero-order chi connectivity index (χ0) is 15.5. The van der Waals surface area contributed by atoms with Crippen molar-refractivity contribution in [2.24, 2.45) is 0 Å². The average Bonchev–Trinajstić information content (AvgIpc) is 2.96. The zero-order valence-electron chi connectivity index (χ0n) is 12.6.